The Hall–Kier alpha value is -1.01. The third-order valence-corrected chi connectivity index (χ3v) is 2.45. The van der Waals surface area contributed by atoms with Crippen LogP contribution in [0.4, 0.5) is 0 Å². The number of ether oxygens (including phenoxy) is 3. The molecule has 1 aromatic rings. The SMILES string of the molecule is COCCCOCCOC(CN)c1cccnc1. The van der Waals surface area contributed by atoms with Gasteiger partial charge in [-0.05, 0) is 12.5 Å². The van der Waals surface area contributed by atoms with Crippen molar-refractivity contribution in [3.8, 4) is 0 Å². The molecule has 2 N–H and O–H groups in total. The van der Waals surface area contributed by atoms with Crippen LogP contribution in [0.15, 0.2) is 24.5 Å². The number of hydrogen-bond acceptors (Lipinski definition) is 5. The fraction of sp³-hybridized carbons (Fsp3) is 0.615. The molecule has 0 aliphatic carbocycles. The first-order chi connectivity index (χ1) is 8.88. The van der Waals surface area contributed by atoms with Crippen LogP contribution in [-0.2, 0) is 14.2 Å². The molecular weight excluding hydrogens is 232 g/mol. The summed E-state index contributed by atoms with van der Waals surface area (Å²) in [5.41, 5.74) is 6.67. The zero-order chi connectivity index (χ0) is 13.1. The predicted octanol–water partition coefficient (Wildman–Crippen LogP) is 1.15. The van der Waals surface area contributed by atoms with Crippen molar-refractivity contribution in [2.24, 2.45) is 5.73 Å². The largest absolute Gasteiger partial charge is 0.385 e. The lowest BCUT2D eigenvalue weighted by Gasteiger charge is -2.15. The van der Waals surface area contributed by atoms with E-state index in [4.69, 9.17) is 19.9 Å². The number of pyridine rings is 1. The molecule has 0 aromatic carbocycles. The summed E-state index contributed by atoms with van der Waals surface area (Å²) in [5, 5.41) is 0. The van der Waals surface area contributed by atoms with Crippen LogP contribution in [0, 0.1) is 0 Å². The molecule has 1 aromatic heterocycles. The van der Waals surface area contributed by atoms with E-state index in [1.54, 1.807) is 19.5 Å². The van der Waals surface area contributed by atoms with Crippen LogP contribution in [0.2, 0.25) is 0 Å². The molecule has 0 aliphatic heterocycles. The first-order valence-electron chi connectivity index (χ1n) is 6.16. The minimum Gasteiger partial charge on any atom is -0.385 e. The Bertz CT molecular complexity index is 296. The first-order valence-corrected chi connectivity index (χ1v) is 6.16. The second kappa shape index (κ2) is 9.96. The van der Waals surface area contributed by atoms with Crippen molar-refractivity contribution in [2.75, 3.05) is 40.1 Å². The number of hydrogen-bond donors (Lipinski definition) is 1. The molecule has 1 atom stereocenters. The Labute approximate surface area is 108 Å². The average Bonchev–Trinajstić information content (AvgIpc) is 2.43. The van der Waals surface area contributed by atoms with Gasteiger partial charge in [-0.25, -0.2) is 0 Å². The van der Waals surface area contributed by atoms with Crippen molar-refractivity contribution >= 4 is 0 Å². The topological polar surface area (TPSA) is 66.6 Å². The van der Waals surface area contributed by atoms with Gasteiger partial charge in [-0.15, -0.1) is 0 Å². The van der Waals surface area contributed by atoms with Crippen molar-refractivity contribution in [1.82, 2.24) is 4.98 Å². The van der Waals surface area contributed by atoms with Crippen LogP contribution >= 0.6 is 0 Å². The highest BCUT2D eigenvalue weighted by Gasteiger charge is 2.09. The van der Waals surface area contributed by atoms with E-state index in [0.29, 0.717) is 26.4 Å². The second-order valence-electron chi connectivity index (χ2n) is 3.84. The van der Waals surface area contributed by atoms with Gasteiger partial charge in [-0.2, -0.15) is 0 Å². The summed E-state index contributed by atoms with van der Waals surface area (Å²) in [6.45, 7) is 2.96. The molecule has 0 bridgehead atoms. The van der Waals surface area contributed by atoms with Crippen LogP contribution < -0.4 is 5.73 Å². The number of nitrogens with two attached hydrogens (primary N) is 1. The summed E-state index contributed by atoms with van der Waals surface area (Å²) in [4.78, 5) is 4.05. The van der Waals surface area contributed by atoms with Gasteiger partial charge in [0.05, 0.1) is 19.3 Å². The van der Waals surface area contributed by atoms with Crippen LogP contribution in [-0.4, -0.2) is 45.1 Å². The van der Waals surface area contributed by atoms with E-state index in [1.165, 1.54) is 0 Å². The summed E-state index contributed by atoms with van der Waals surface area (Å²) >= 11 is 0. The Morgan fingerprint density at radius 2 is 2.17 bits per heavy atom. The standard InChI is InChI=1S/C13H22N2O3/c1-16-6-3-7-17-8-9-18-13(10-14)12-4-2-5-15-11-12/h2,4-5,11,13H,3,6-10,14H2,1H3. The Morgan fingerprint density at radius 1 is 1.28 bits per heavy atom. The van der Waals surface area contributed by atoms with Crippen LogP contribution in [0.1, 0.15) is 18.1 Å². The quantitative estimate of drug-likeness (QED) is 0.634. The zero-order valence-corrected chi connectivity index (χ0v) is 10.9. The van der Waals surface area contributed by atoms with Gasteiger partial charge in [0.1, 0.15) is 0 Å². The molecule has 102 valence electrons. The third-order valence-electron chi connectivity index (χ3n) is 2.45. The predicted molar refractivity (Wildman–Crippen MR) is 69.3 cm³/mol. The average molecular weight is 254 g/mol. The zero-order valence-electron chi connectivity index (χ0n) is 10.9. The summed E-state index contributed by atoms with van der Waals surface area (Å²) < 4.78 is 16.0. The maximum absolute atomic E-state index is 5.68. The Balaban J connectivity index is 2.13. The van der Waals surface area contributed by atoms with Crippen LogP contribution in [0.3, 0.4) is 0 Å². The summed E-state index contributed by atoms with van der Waals surface area (Å²) in [6.07, 6.45) is 4.30. The van der Waals surface area contributed by atoms with E-state index in [9.17, 15) is 0 Å². The number of nitrogens with zero attached hydrogens (tertiary/aromatic N) is 1. The van der Waals surface area contributed by atoms with E-state index in [2.05, 4.69) is 4.98 Å². The van der Waals surface area contributed by atoms with E-state index >= 15 is 0 Å². The van der Waals surface area contributed by atoms with Gasteiger partial charge in [0.15, 0.2) is 0 Å². The molecule has 0 spiro atoms. The minimum absolute atomic E-state index is 0.110. The lowest BCUT2D eigenvalue weighted by atomic mass is 10.2. The molecule has 0 radical (unpaired) electrons. The van der Waals surface area contributed by atoms with Gasteiger partial charge >= 0.3 is 0 Å². The molecule has 0 saturated heterocycles. The van der Waals surface area contributed by atoms with Crippen LogP contribution in [0.5, 0.6) is 0 Å². The van der Waals surface area contributed by atoms with Crippen molar-refractivity contribution < 1.29 is 14.2 Å². The minimum atomic E-state index is -0.110. The lowest BCUT2D eigenvalue weighted by molar-refractivity contribution is 0.00378. The molecular formula is C13H22N2O3. The fourth-order valence-electron chi connectivity index (χ4n) is 1.52. The highest BCUT2D eigenvalue weighted by molar-refractivity contribution is 5.12. The number of methoxy groups -OCH3 is 1. The summed E-state index contributed by atoms with van der Waals surface area (Å²) in [6, 6.07) is 3.84. The maximum atomic E-state index is 5.68. The third kappa shape index (κ3) is 6.07. The molecule has 5 nitrogen and oxygen atoms in total. The highest BCUT2D eigenvalue weighted by Crippen LogP contribution is 2.13. The highest BCUT2D eigenvalue weighted by atomic mass is 16.5. The normalized spacial score (nSPS) is 12.6. The monoisotopic (exact) mass is 254 g/mol. The van der Waals surface area contributed by atoms with Gasteiger partial charge in [-0.3, -0.25) is 4.98 Å². The molecule has 0 aliphatic rings. The van der Waals surface area contributed by atoms with E-state index in [1.807, 2.05) is 12.1 Å². The van der Waals surface area contributed by atoms with Gasteiger partial charge in [-0.1, -0.05) is 6.07 Å². The van der Waals surface area contributed by atoms with Gasteiger partial charge in [0.25, 0.3) is 0 Å². The number of aromatic nitrogens is 1. The fourth-order valence-corrected chi connectivity index (χ4v) is 1.52. The van der Waals surface area contributed by atoms with E-state index < -0.39 is 0 Å². The van der Waals surface area contributed by atoms with Crippen molar-refractivity contribution in [2.45, 2.75) is 12.5 Å². The van der Waals surface area contributed by atoms with Crippen molar-refractivity contribution in [3.63, 3.8) is 0 Å². The molecule has 1 heterocycles. The summed E-state index contributed by atoms with van der Waals surface area (Å²) in [7, 11) is 1.68. The van der Waals surface area contributed by atoms with E-state index in [-0.39, 0.29) is 6.10 Å². The Morgan fingerprint density at radius 3 is 2.83 bits per heavy atom. The second-order valence-corrected chi connectivity index (χ2v) is 3.84. The molecule has 1 unspecified atom stereocenters. The molecule has 5 heteroatoms. The maximum Gasteiger partial charge on any atom is 0.0963 e. The van der Waals surface area contributed by atoms with E-state index in [0.717, 1.165) is 18.6 Å². The molecule has 0 saturated carbocycles. The van der Waals surface area contributed by atoms with Crippen LogP contribution in [0.25, 0.3) is 0 Å². The Kier molecular flexibility index (Phi) is 8.33. The first kappa shape index (κ1) is 15.0. The molecule has 0 amide bonds. The molecule has 1 rings (SSSR count). The molecule has 0 fully saturated rings. The van der Waals surface area contributed by atoms with Crippen molar-refractivity contribution in [3.05, 3.63) is 30.1 Å². The number of rotatable bonds is 10. The van der Waals surface area contributed by atoms with Gasteiger partial charge in [0.2, 0.25) is 0 Å². The summed E-state index contributed by atoms with van der Waals surface area (Å²) in [5.74, 6) is 0. The smallest absolute Gasteiger partial charge is 0.0963 e. The van der Waals surface area contributed by atoms with Gasteiger partial charge < -0.3 is 19.9 Å². The van der Waals surface area contributed by atoms with Crippen molar-refractivity contribution in [1.29, 1.82) is 0 Å². The lowest BCUT2D eigenvalue weighted by Crippen LogP contribution is -2.18. The molecule has 18 heavy (non-hydrogen) atoms. The van der Waals surface area contributed by atoms with Gasteiger partial charge in [0, 0.05) is 44.8 Å².